The average Bonchev–Trinajstić information content (AvgIpc) is 2.88. The molecule has 0 aromatic heterocycles. The van der Waals surface area contributed by atoms with Crippen LogP contribution in [0.15, 0.2) is 0 Å². The van der Waals surface area contributed by atoms with Gasteiger partial charge >= 0.3 is 0 Å². The lowest BCUT2D eigenvalue weighted by Gasteiger charge is -2.38. The first kappa shape index (κ1) is 13.8. The molecule has 2 saturated heterocycles. The molecule has 2 unspecified atom stereocenters. The Morgan fingerprint density at radius 2 is 2.33 bits per heavy atom. The van der Waals surface area contributed by atoms with Gasteiger partial charge in [-0.2, -0.15) is 0 Å². The number of nitrogens with one attached hydrogen (secondary N) is 1. The lowest BCUT2D eigenvalue weighted by molar-refractivity contribution is -0.147. The number of rotatable bonds is 4. The molecule has 2 aliphatic heterocycles. The molecule has 104 valence electrons. The fraction of sp³-hybridized carbons (Fsp3) is 0.923. The van der Waals surface area contributed by atoms with E-state index < -0.39 is 0 Å². The number of nitrogens with zero attached hydrogens (tertiary/aromatic N) is 1. The van der Waals surface area contributed by atoms with E-state index in [1.165, 1.54) is 0 Å². The summed E-state index contributed by atoms with van der Waals surface area (Å²) in [6.07, 6.45) is 3.14. The van der Waals surface area contributed by atoms with Gasteiger partial charge in [0.15, 0.2) is 0 Å². The summed E-state index contributed by atoms with van der Waals surface area (Å²) >= 11 is 0. The van der Waals surface area contributed by atoms with E-state index in [4.69, 9.17) is 9.47 Å². The van der Waals surface area contributed by atoms with Gasteiger partial charge in [0.1, 0.15) is 0 Å². The van der Waals surface area contributed by atoms with E-state index in [9.17, 15) is 4.79 Å². The van der Waals surface area contributed by atoms with Crippen LogP contribution in [0.5, 0.6) is 0 Å². The van der Waals surface area contributed by atoms with Crippen molar-refractivity contribution in [3.05, 3.63) is 0 Å². The van der Waals surface area contributed by atoms with Crippen LogP contribution < -0.4 is 5.32 Å². The van der Waals surface area contributed by atoms with Crippen LogP contribution in [0.25, 0.3) is 0 Å². The van der Waals surface area contributed by atoms with E-state index in [2.05, 4.69) is 5.32 Å². The van der Waals surface area contributed by atoms with E-state index in [0.717, 1.165) is 45.4 Å². The predicted octanol–water partition coefficient (Wildman–Crippen LogP) is 0.250. The minimum Gasteiger partial charge on any atom is -0.384 e. The number of amides is 1. The first-order valence-electron chi connectivity index (χ1n) is 6.74. The molecule has 0 radical (unpaired) electrons. The summed E-state index contributed by atoms with van der Waals surface area (Å²) in [5.74, 6) is 0.233. The van der Waals surface area contributed by atoms with Crippen molar-refractivity contribution in [2.24, 2.45) is 5.41 Å². The molecular weight excluding hydrogens is 232 g/mol. The van der Waals surface area contributed by atoms with Crippen molar-refractivity contribution in [1.82, 2.24) is 10.2 Å². The van der Waals surface area contributed by atoms with Gasteiger partial charge in [0.25, 0.3) is 0 Å². The van der Waals surface area contributed by atoms with Gasteiger partial charge in [0.2, 0.25) is 5.91 Å². The van der Waals surface area contributed by atoms with Crippen molar-refractivity contribution in [3.8, 4) is 0 Å². The Labute approximate surface area is 109 Å². The number of hydrogen-bond donors (Lipinski definition) is 1. The molecule has 0 aliphatic carbocycles. The summed E-state index contributed by atoms with van der Waals surface area (Å²) in [7, 11) is 3.39. The molecule has 0 spiro atoms. The normalized spacial score (nSPS) is 32.8. The van der Waals surface area contributed by atoms with Gasteiger partial charge in [-0.05, 0) is 25.8 Å². The van der Waals surface area contributed by atoms with Crippen LogP contribution in [0, 0.1) is 5.41 Å². The van der Waals surface area contributed by atoms with Gasteiger partial charge < -0.3 is 19.7 Å². The Bertz CT molecular complexity index is 290. The molecule has 1 amide bonds. The monoisotopic (exact) mass is 256 g/mol. The Hall–Kier alpha value is -0.650. The van der Waals surface area contributed by atoms with Crippen LogP contribution in [0.2, 0.25) is 0 Å². The number of carbonyl (C=O) groups is 1. The van der Waals surface area contributed by atoms with Gasteiger partial charge in [-0.25, -0.2) is 0 Å². The highest BCUT2D eigenvalue weighted by atomic mass is 16.5. The van der Waals surface area contributed by atoms with E-state index in [-0.39, 0.29) is 17.4 Å². The molecule has 2 aliphatic rings. The molecule has 0 saturated carbocycles. The zero-order valence-corrected chi connectivity index (χ0v) is 11.4. The highest BCUT2D eigenvalue weighted by Gasteiger charge is 2.44. The zero-order valence-electron chi connectivity index (χ0n) is 11.4. The molecular formula is C13H24N2O3. The van der Waals surface area contributed by atoms with Crippen LogP contribution in [0.1, 0.15) is 19.3 Å². The second kappa shape index (κ2) is 5.99. The van der Waals surface area contributed by atoms with E-state index in [1.807, 2.05) is 4.90 Å². The Morgan fingerprint density at radius 3 is 2.94 bits per heavy atom. The van der Waals surface area contributed by atoms with Crippen molar-refractivity contribution in [2.75, 3.05) is 47.0 Å². The van der Waals surface area contributed by atoms with Gasteiger partial charge in [0.05, 0.1) is 18.1 Å². The second-order valence-corrected chi connectivity index (χ2v) is 5.39. The maximum atomic E-state index is 12.7. The largest absolute Gasteiger partial charge is 0.384 e. The lowest BCUT2D eigenvalue weighted by atomic mass is 9.85. The van der Waals surface area contributed by atoms with Crippen LogP contribution in [-0.4, -0.2) is 63.9 Å². The molecule has 1 N–H and O–H groups in total. The molecule has 18 heavy (non-hydrogen) atoms. The summed E-state index contributed by atoms with van der Waals surface area (Å²) in [6, 6.07) is 0. The molecule has 2 fully saturated rings. The van der Waals surface area contributed by atoms with Crippen LogP contribution >= 0.6 is 0 Å². The number of carbonyl (C=O) groups excluding carboxylic acids is 1. The molecule has 2 atom stereocenters. The Morgan fingerprint density at radius 1 is 1.50 bits per heavy atom. The smallest absolute Gasteiger partial charge is 0.232 e. The zero-order chi connectivity index (χ0) is 13.0. The van der Waals surface area contributed by atoms with E-state index in [1.54, 1.807) is 14.2 Å². The molecule has 5 heteroatoms. The van der Waals surface area contributed by atoms with Gasteiger partial charge in [-0.3, -0.25) is 4.79 Å². The quantitative estimate of drug-likeness (QED) is 0.783. The number of methoxy groups -OCH3 is 2. The second-order valence-electron chi connectivity index (χ2n) is 5.39. The first-order chi connectivity index (χ1) is 8.72. The molecule has 2 heterocycles. The van der Waals surface area contributed by atoms with Crippen molar-refractivity contribution in [1.29, 1.82) is 0 Å². The third-order valence-electron chi connectivity index (χ3n) is 4.12. The van der Waals surface area contributed by atoms with Crippen LogP contribution in [0.4, 0.5) is 0 Å². The topological polar surface area (TPSA) is 50.8 Å². The van der Waals surface area contributed by atoms with E-state index in [0.29, 0.717) is 6.61 Å². The van der Waals surface area contributed by atoms with E-state index >= 15 is 0 Å². The molecule has 0 aromatic rings. The maximum Gasteiger partial charge on any atom is 0.232 e. The Kier molecular flexibility index (Phi) is 4.59. The van der Waals surface area contributed by atoms with Gasteiger partial charge in [-0.15, -0.1) is 0 Å². The molecule has 0 bridgehead atoms. The minimum atomic E-state index is -0.357. The summed E-state index contributed by atoms with van der Waals surface area (Å²) in [4.78, 5) is 14.7. The van der Waals surface area contributed by atoms with Gasteiger partial charge in [-0.1, -0.05) is 0 Å². The highest BCUT2D eigenvalue weighted by molar-refractivity contribution is 5.83. The van der Waals surface area contributed by atoms with Crippen molar-refractivity contribution in [3.63, 3.8) is 0 Å². The molecule has 5 nitrogen and oxygen atoms in total. The summed E-state index contributed by atoms with van der Waals surface area (Å²) in [5, 5.41) is 3.28. The van der Waals surface area contributed by atoms with Crippen LogP contribution in [0.3, 0.4) is 0 Å². The average molecular weight is 256 g/mol. The first-order valence-corrected chi connectivity index (χ1v) is 6.74. The molecule has 0 aromatic carbocycles. The lowest BCUT2D eigenvalue weighted by Crippen LogP contribution is -2.52. The number of piperidine rings is 1. The Balaban J connectivity index is 2.04. The number of hydrogen-bond acceptors (Lipinski definition) is 4. The fourth-order valence-electron chi connectivity index (χ4n) is 3.04. The summed E-state index contributed by atoms with van der Waals surface area (Å²) in [5.41, 5.74) is -0.357. The van der Waals surface area contributed by atoms with Gasteiger partial charge in [0, 0.05) is 33.9 Å². The molecule has 2 rings (SSSR count). The standard InChI is InChI=1S/C13H24N2O3/c1-17-10-13(5-6-14-9-13)12(16)15-7-3-4-11(8-15)18-2/h11,14H,3-10H2,1-2H3. The number of ether oxygens (including phenoxy) is 2. The summed E-state index contributed by atoms with van der Waals surface area (Å²) in [6.45, 7) is 3.71. The van der Waals surface area contributed by atoms with Crippen molar-refractivity contribution < 1.29 is 14.3 Å². The van der Waals surface area contributed by atoms with Crippen molar-refractivity contribution in [2.45, 2.75) is 25.4 Å². The SMILES string of the molecule is COCC1(C(=O)N2CCCC(OC)C2)CCNC1. The summed E-state index contributed by atoms with van der Waals surface area (Å²) < 4.78 is 10.7. The minimum absolute atomic E-state index is 0.191. The highest BCUT2D eigenvalue weighted by Crippen LogP contribution is 2.30. The fourth-order valence-corrected chi connectivity index (χ4v) is 3.04. The van der Waals surface area contributed by atoms with Crippen LogP contribution in [-0.2, 0) is 14.3 Å². The third kappa shape index (κ3) is 2.68. The maximum absolute atomic E-state index is 12.7. The van der Waals surface area contributed by atoms with Crippen molar-refractivity contribution >= 4 is 5.91 Å². The predicted molar refractivity (Wildman–Crippen MR) is 68.4 cm³/mol. The number of likely N-dealkylation sites (tertiary alicyclic amines) is 1. The third-order valence-corrected chi connectivity index (χ3v) is 4.12.